The van der Waals surface area contributed by atoms with Crippen LogP contribution in [-0.4, -0.2) is 20.2 Å². The van der Waals surface area contributed by atoms with Crippen molar-refractivity contribution in [1.29, 1.82) is 0 Å². The molecule has 23 heavy (non-hydrogen) atoms. The summed E-state index contributed by atoms with van der Waals surface area (Å²) in [5.74, 6) is 4.40. The highest BCUT2D eigenvalue weighted by Crippen LogP contribution is 2.41. The number of ether oxygens (including phenoxy) is 1. The van der Waals surface area contributed by atoms with Gasteiger partial charge in [0.25, 0.3) is 0 Å². The Hall–Kier alpha value is -1.66. The van der Waals surface area contributed by atoms with Crippen molar-refractivity contribution in [2.45, 2.75) is 58.2 Å². The summed E-state index contributed by atoms with van der Waals surface area (Å²) >= 11 is 0. The summed E-state index contributed by atoms with van der Waals surface area (Å²) in [6.07, 6.45) is 1.97. The fraction of sp³-hybridized carbons (Fsp3) is 0.500. The Kier molecular flexibility index (Phi) is 5.26. The van der Waals surface area contributed by atoms with Gasteiger partial charge in [-0.2, -0.15) is 0 Å². The van der Waals surface area contributed by atoms with E-state index in [9.17, 15) is 0 Å². The van der Waals surface area contributed by atoms with Crippen molar-refractivity contribution >= 4 is 19.0 Å². The molecule has 0 atom stereocenters. The maximum atomic E-state index is 5.44. The standard InChI is InChI=1S/C20H29NOSi/c1-14(2)23(15(3)4,16(5)6)11-9-18-13-19(22-7)12-17-8-10-21-20(17)18/h8,10,12-16,21H,1-7H3. The molecule has 0 saturated heterocycles. The molecule has 0 spiro atoms. The van der Waals surface area contributed by atoms with Crippen LogP contribution in [0.3, 0.4) is 0 Å². The van der Waals surface area contributed by atoms with Gasteiger partial charge < -0.3 is 9.72 Å². The van der Waals surface area contributed by atoms with Gasteiger partial charge in [-0.15, -0.1) is 5.54 Å². The summed E-state index contributed by atoms with van der Waals surface area (Å²) in [5.41, 5.74) is 7.86. The van der Waals surface area contributed by atoms with Gasteiger partial charge in [0.15, 0.2) is 0 Å². The molecule has 1 N–H and O–H groups in total. The molecular weight excluding hydrogens is 298 g/mol. The minimum absolute atomic E-state index is 0.639. The SMILES string of the molecule is COc1cc(C#C[Si](C(C)C)(C(C)C)C(C)C)c2[nH]ccc2c1. The first-order chi connectivity index (χ1) is 10.8. The molecule has 0 saturated carbocycles. The van der Waals surface area contributed by atoms with E-state index >= 15 is 0 Å². The van der Waals surface area contributed by atoms with Gasteiger partial charge in [-0.05, 0) is 34.8 Å². The number of H-pyrrole nitrogens is 1. The van der Waals surface area contributed by atoms with Gasteiger partial charge in [-0.3, -0.25) is 0 Å². The van der Waals surface area contributed by atoms with Crippen LogP contribution in [0.5, 0.6) is 5.75 Å². The quantitative estimate of drug-likeness (QED) is 0.561. The van der Waals surface area contributed by atoms with E-state index in [-0.39, 0.29) is 0 Å². The Balaban J connectivity index is 2.61. The highest BCUT2D eigenvalue weighted by atomic mass is 28.3. The maximum absolute atomic E-state index is 5.44. The number of hydrogen-bond acceptors (Lipinski definition) is 1. The molecule has 0 aliphatic heterocycles. The third-order valence-electron chi connectivity index (χ3n) is 5.15. The van der Waals surface area contributed by atoms with Gasteiger partial charge in [0.1, 0.15) is 13.8 Å². The zero-order valence-corrected chi connectivity index (χ0v) is 16.4. The van der Waals surface area contributed by atoms with Crippen LogP contribution in [0, 0.1) is 11.5 Å². The van der Waals surface area contributed by atoms with Crippen molar-refractivity contribution in [1.82, 2.24) is 4.98 Å². The second-order valence-corrected chi connectivity index (χ2v) is 12.8. The minimum atomic E-state index is -1.72. The molecule has 1 aromatic carbocycles. The monoisotopic (exact) mass is 327 g/mol. The topological polar surface area (TPSA) is 25.0 Å². The van der Waals surface area contributed by atoms with Gasteiger partial charge in [0.05, 0.1) is 18.2 Å². The van der Waals surface area contributed by atoms with Crippen LogP contribution in [0.1, 0.15) is 47.1 Å². The van der Waals surface area contributed by atoms with E-state index < -0.39 is 8.07 Å². The molecule has 124 valence electrons. The molecule has 2 aromatic rings. The van der Waals surface area contributed by atoms with Crippen molar-refractivity contribution in [3.05, 3.63) is 30.0 Å². The lowest BCUT2D eigenvalue weighted by atomic mass is 10.1. The molecule has 0 fully saturated rings. The van der Waals surface area contributed by atoms with E-state index in [0.29, 0.717) is 16.6 Å². The minimum Gasteiger partial charge on any atom is -0.497 e. The molecule has 0 radical (unpaired) electrons. The normalized spacial score (nSPS) is 12.1. The van der Waals surface area contributed by atoms with Crippen molar-refractivity contribution < 1.29 is 4.74 Å². The molecule has 1 heterocycles. The fourth-order valence-electron chi connectivity index (χ4n) is 3.97. The van der Waals surface area contributed by atoms with Crippen molar-refractivity contribution in [2.24, 2.45) is 0 Å². The Morgan fingerprint density at radius 2 is 1.61 bits per heavy atom. The molecule has 3 heteroatoms. The third-order valence-corrected chi connectivity index (χ3v) is 11.4. The van der Waals surface area contributed by atoms with Gasteiger partial charge in [0, 0.05) is 11.6 Å². The molecule has 0 aliphatic carbocycles. The zero-order valence-electron chi connectivity index (χ0n) is 15.4. The first-order valence-electron chi connectivity index (χ1n) is 8.51. The second-order valence-electron chi connectivity index (χ2n) is 7.26. The lowest BCUT2D eigenvalue weighted by molar-refractivity contribution is 0.415. The molecule has 2 nitrogen and oxygen atoms in total. The average Bonchev–Trinajstić information content (AvgIpc) is 2.94. The predicted octanol–water partition coefficient (Wildman–Crippen LogP) is 5.75. The highest BCUT2D eigenvalue weighted by Gasteiger charge is 2.41. The van der Waals surface area contributed by atoms with Crippen LogP contribution in [0.4, 0.5) is 0 Å². The summed E-state index contributed by atoms with van der Waals surface area (Å²) in [6, 6.07) is 6.17. The Morgan fingerprint density at radius 3 is 2.13 bits per heavy atom. The zero-order chi connectivity index (χ0) is 17.2. The van der Waals surface area contributed by atoms with Gasteiger partial charge in [-0.1, -0.05) is 47.5 Å². The number of benzene rings is 1. The lowest BCUT2D eigenvalue weighted by Crippen LogP contribution is -2.43. The summed E-state index contributed by atoms with van der Waals surface area (Å²) < 4.78 is 5.44. The van der Waals surface area contributed by atoms with Crippen molar-refractivity contribution in [3.8, 4) is 17.2 Å². The van der Waals surface area contributed by atoms with Gasteiger partial charge in [-0.25, -0.2) is 0 Å². The first kappa shape index (κ1) is 17.7. The van der Waals surface area contributed by atoms with E-state index in [1.807, 2.05) is 12.3 Å². The Bertz CT molecular complexity index is 709. The van der Waals surface area contributed by atoms with E-state index in [2.05, 4.69) is 70.1 Å². The maximum Gasteiger partial charge on any atom is 0.146 e. The Morgan fingerprint density at radius 1 is 1.00 bits per heavy atom. The molecule has 0 unspecified atom stereocenters. The Labute approximate surface area is 141 Å². The van der Waals surface area contributed by atoms with E-state index in [4.69, 9.17) is 4.74 Å². The van der Waals surface area contributed by atoms with Crippen LogP contribution >= 0.6 is 0 Å². The van der Waals surface area contributed by atoms with Gasteiger partial charge >= 0.3 is 0 Å². The number of rotatable bonds is 4. The number of fused-ring (bicyclic) bond motifs is 1. The van der Waals surface area contributed by atoms with Crippen LogP contribution in [0.2, 0.25) is 16.6 Å². The van der Waals surface area contributed by atoms with E-state index in [1.54, 1.807) is 7.11 Å². The lowest BCUT2D eigenvalue weighted by Gasteiger charge is -2.38. The number of aromatic amines is 1. The molecule has 0 amide bonds. The van der Waals surface area contributed by atoms with Crippen LogP contribution in [0.25, 0.3) is 10.9 Å². The largest absolute Gasteiger partial charge is 0.497 e. The van der Waals surface area contributed by atoms with Crippen molar-refractivity contribution in [2.75, 3.05) is 7.11 Å². The van der Waals surface area contributed by atoms with Crippen molar-refractivity contribution in [3.63, 3.8) is 0 Å². The van der Waals surface area contributed by atoms with Crippen LogP contribution < -0.4 is 4.74 Å². The number of methoxy groups -OCH3 is 1. The molecule has 0 aliphatic rings. The molecule has 1 aromatic heterocycles. The van der Waals surface area contributed by atoms with E-state index in [0.717, 1.165) is 22.2 Å². The second kappa shape index (κ2) is 6.84. The number of hydrogen-bond donors (Lipinski definition) is 1. The fourth-order valence-corrected chi connectivity index (χ4v) is 9.19. The molecular formula is C20H29NOSi. The first-order valence-corrected chi connectivity index (χ1v) is 10.7. The average molecular weight is 328 g/mol. The summed E-state index contributed by atoms with van der Waals surface area (Å²) in [4.78, 5) is 3.32. The molecule has 2 rings (SSSR count). The smallest absolute Gasteiger partial charge is 0.146 e. The van der Waals surface area contributed by atoms with Gasteiger partial charge in [0.2, 0.25) is 0 Å². The number of aromatic nitrogens is 1. The summed E-state index contributed by atoms with van der Waals surface area (Å²) in [6.45, 7) is 14.1. The third kappa shape index (κ3) is 3.18. The van der Waals surface area contributed by atoms with E-state index in [1.165, 1.54) is 0 Å². The number of nitrogens with one attached hydrogen (secondary N) is 1. The summed E-state index contributed by atoms with van der Waals surface area (Å²) in [7, 11) is -0.0120. The van der Waals surface area contributed by atoms with Crippen LogP contribution in [0.15, 0.2) is 24.4 Å². The highest BCUT2D eigenvalue weighted by molar-refractivity contribution is 6.90. The summed E-state index contributed by atoms with van der Waals surface area (Å²) in [5, 5.41) is 1.15. The molecule has 0 bridgehead atoms. The van der Waals surface area contributed by atoms with Crippen LogP contribution in [-0.2, 0) is 0 Å². The predicted molar refractivity (Wildman–Crippen MR) is 103 cm³/mol.